The van der Waals surface area contributed by atoms with Crippen molar-refractivity contribution in [2.75, 3.05) is 6.54 Å². The molecule has 1 aliphatic carbocycles. The van der Waals surface area contributed by atoms with Crippen molar-refractivity contribution >= 4 is 44.2 Å². The van der Waals surface area contributed by atoms with Gasteiger partial charge < -0.3 is 4.76 Å². The van der Waals surface area contributed by atoms with E-state index in [1.807, 2.05) is 18.2 Å². The van der Waals surface area contributed by atoms with Crippen LogP contribution in [-0.4, -0.2) is 41.7 Å². The number of rotatable bonds is 7. The van der Waals surface area contributed by atoms with Gasteiger partial charge in [0.2, 0.25) is 0 Å². The maximum atomic E-state index is 12.8. The highest BCUT2D eigenvalue weighted by atomic mass is 32.1. The van der Waals surface area contributed by atoms with Crippen molar-refractivity contribution in [3.8, 4) is 0 Å². The number of thiol groups is 1. The summed E-state index contributed by atoms with van der Waals surface area (Å²) in [5.74, 6) is -0.635. The van der Waals surface area contributed by atoms with Gasteiger partial charge in [-0.2, -0.15) is 4.47 Å². The molecule has 0 saturated heterocycles. The molecule has 1 aliphatic heterocycles. The van der Waals surface area contributed by atoms with Gasteiger partial charge in [0.1, 0.15) is 0 Å². The Morgan fingerprint density at radius 2 is 2.04 bits per heavy atom. The summed E-state index contributed by atoms with van der Waals surface area (Å²) >= 11 is 3.88. The predicted octanol–water partition coefficient (Wildman–Crippen LogP) is 1.71. The second-order valence-electron chi connectivity index (χ2n) is 6.42. The lowest BCUT2D eigenvalue weighted by atomic mass is 9.83. The Balaban J connectivity index is 1.61. The molecule has 0 atom stereocenters. The molecule has 0 N–H and O–H groups in total. The van der Waals surface area contributed by atoms with Gasteiger partial charge in [-0.1, -0.05) is 24.6 Å². The normalized spacial score (nSPS) is 15.6. The van der Waals surface area contributed by atoms with E-state index in [1.54, 1.807) is 6.07 Å². The van der Waals surface area contributed by atoms with E-state index in [1.165, 1.54) is 12.9 Å². The number of benzene rings is 1. The Morgan fingerprint density at radius 3 is 2.81 bits per heavy atom. The van der Waals surface area contributed by atoms with E-state index in [9.17, 15) is 14.4 Å². The minimum atomic E-state index is -0.220. The van der Waals surface area contributed by atoms with Crippen LogP contribution in [0.2, 0.25) is 0 Å². The zero-order chi connectivity index (χ0) is 18.7. The molecule has 0 spiro atoms. The van der Waals surface area contributed by atoms with Gasteiger partial charge in [-0.25, -0.2) is 0 Å². The summed E-state index contributed by atoms with van der Waals surface area (Å²) in [6, 6.07) is 5.67. The number of nitrogens with zero attached hydrogens (tertiary/aromatic N) is 2. The van der Waals surface area contributed by atoms with Crippen molar-refractivity contribution < 1.29 is 19.1 Å². The summed E-state index contributed by atoms with van der Waals surface area (Å²) < 4.78 is 5.61. The number of hydroxylamine groups is 1. The van der Waals surface area contributed by atoms with E-state index < -0.39 is 0 Å². The highest BCUT2D eigenvalue weighted by Crippen LogP contribution is 2.35. The average molecular weight is 372 g/mol. The van der Waals surface area contributed by atoms with Gasteiger partial charge >= 0.3 is 0 Å². The summed E-state index contributed by atoms with van der Waals surface area (Å²) in [6.45, 7) is 0.363. The van der Waals surface area contributed by atoms with Crippen molar-refractivity contribution in [2.24, 2.45) is 0 Å². The van der Waals surface area contributed by atoms with Gasteiger partial charge in [0.25, 0.3) is 25.8 Å². The minimum Gasteiger partial charge on any atom is -0.336 e. The quantitative estimate of drug-likeness (QED) is 0.260. The Labute approximate surface area is 159 Å². The average Bonchev–Trinajstić information content (AvgIpc) is 2.67. The molecule has 3 rings (SSSR count). The van der Waals surface area contributed by atoms with Crippen LogP contribution in [0.3, 0.4) is 0 Å². The number of hydrogen-bond donors (Lipinski definition) is 1. The second-order valence-corrected chi connectivity index (χ2v) is 6.78. The van der Waals surface area contributed by atoms with E-state index in [-0.39, 0.29) is 17.7 Å². The molecule has 0 bridgehead atoms. The molecule has 0 aromatic heterocycles. The molecule has 0 radical (unpaired) electrons. The fourth-order valence-corrected chi connectivity index (χ4v) is 3.58. The number of hydrogen-bond acceptors (Lipinski definition) is 5. The molecule has 1 aromatic rings. The third-order valence-electron chi connectivity index (χ3n) is 4.79. The number of carbonyl (C=O) groups excluding carboxylic acids is 3. The highest BCUT2D eigenvalue weighted by molar-refractivity contribution is 7.78. The van der Waals surface area contributed by atoms with Crippen LogP contribution < -0.4 is 0 Å². The largest absolute Gasteiger partial charge is 0.336 e. The Morgan fingerprint density at radius 1 is 1.23 bits per heavy atom. The lowest BCUT2D eigenvalue weighted by Gasteiger charge is -2.31. The van der Waals surface area contributed by atoms with Gasteiger partial charge in [-0.05, 0) is 50.1 Å². The number of aryl methyl sites for hydroxylation is 1. The molecule has 6 nitrogen and oxygen atoms in total. The lowest BCUT2D eigenvalue weighted by Crippen LogP contribution is -2.43. The molecule has 0 unspecified atom stereocenters. The molecule has 0 fully saturated rings. The smallest absolute Gasteiger partial charge is 0.297 e. The van der Waals surface area contributed by atoms with Gasteiger partial charge in [0, 0.05) is 29.7 Å². The Bertz CT molecular complexity index is 780. The topological polar surface area (TPSA) is 66.9 Å². The number of unbranched alkanes of at least 4 members (excludes halogenated alkanes) is 2. The van der Waals surface area contributed by atoms with Crippen molar-refractivity contribution in [3.63, 3.8) is 0 Å². The van der Waals surface area contributed by atoms with Crippen molar-refractivity contribution in [2.45, 2.75) is 38.5 Å². The van der Waals surface area contributed by atoms with E-state index in [2.05, 4.69) is 12.8 Å². The SMILES string of the molecule is BON(S)C(=O)CCCCCN1C(=O)C2=CCCc3cccc(c32)C1=O. The van der Waals surface area contributed by atoms with E-state index in [0.717, 1.165) is 34.9 Å². The molecule has 26 heavy (non-hydrogen) atoms. The molecular formula is C18H21BN2O4S. The molecular weight excluding hydrogens is 351 g/mol. The Hall–Kier alpha value is -2.06. The first-order chi connectivity index (χ1) is 12.5. The van der Waals surface area contributed by atoms with E-state index in [4.69, 9.17) is 4.76 Å². The van der Waals surface area contributed by atoms with Gasteiger partial charge in [0.15, 0.2) is 0 Å². The van der Waals surface area contributed by atoms with Crippen molar-refractivity contribution in [1.29, 1.82) is 0 Å². The molecule has 2 aliphatic rings. The maximum absolute atomic E-state index is 12.8. The van der Waals surface area contributed by atoms with Crippen LogP contribution in [0.1, 0.15) is 53.6 Å². The number of imide groups is 1. The van der Waals surface area contributed by atoms with Crippen LogP contribution >= 0.6 is 12.8 Å². The van der Waals surface area contributed by atoms with Gasteiger partial charge in [-0.15, -0.1) is 0 Å². The van der Waals surface area contributed by atoms with Gasteiger partial charge in [-0.3, -0.25) is 19.3 Å². The Kier molecular flexibility index (Phi) is 5.83. The zero-order valence-electron chi connectivity index (χ0n) is 14.7. The summed E-state index contributed by atoms with van der Waals surface area (Å²) in [4.78, 5) is 38.5. The molecule has 8 heteroatoms. The van der Waals surface area contributed by atoms with Crippen molar-refractivity contribution in [1.82, 2.24) is 9.37 Å². The van der Waals surface area contributed by atoms with Crippen LogP contribution in [0.4, 0.5) is 0 Å². The third kappa shape index (κ3) is 3.57. The maximum Gasteiger partial charge on any atom is 0.297 e. The summed E-state index contributed by atoms with van der Waals surface area (Å²) in [7, 11) is 1.38. The first-order valence-corrected chi connectivity index (χ1v) is 9.19. The molecule has 0 saturated carbocycles. The van der Waals surface area contributed by atoms with Crippen LogP contribution in [-0.2, 0) is 20.8 Å². The van der Waals surface area contributed by atoms with Crippen LogP contribution in [0.5, 0.6) is 0 Å². The predicted molar refractivity (Wildman–Crippen MR) is 103 cm³/mol. The number of carbonyl (C=O) groups is 3. The van der Waals surface area contributed by atoms with Crippen LogP contribution in [0.25, 0.3) is 5.57 Å². The fourth-order valence-electron chi connectivity index (χ4n) is 3.48. The number of amides is 3. The standard InChI is InChI=1S/C18H21BN2O4S/c19-25-21(26)15(22)10-2-1-3-11-20-17(23)13-8-4-6-12-7-5-9-14(16(12)13)18(20)24/h4,6,8-9,26H,1-3,5,7,10-11,19H2. The number of allylic oxidation sites excluding steroid dienone is 1. The van der Waals surface area contributed by atoms with E-state index in [0.29, 0.717) is 36.9 Å². The monoisotopic (exact) mass is 372 g/mol. The second kappa shape index (κ2) is 8.10. The first kappa shape index (κ1) is 18.7. The van der Waals surface area contributed by atoms with Gasteiger partial charge in [0.05, 0.1) is 0 Å². The molecule has 1 aromatic carbocycles. The fraction of sp³-hybridized carbons (Fsp3) is 0.389. The van der Waals surface area contributed by atoms with Crippen LogP contribution in [0.15, 0.2) is 24.3 Å². The highest BCUT2D eigenvalue weighted by Gasteiger charge is 2.36. The van der Waals surface area contributed by atoms with Crippen molar-refractivity contribution in [3.05, 3.63) is 41.0 Å². The molecule has 1 heterocycles. The summed E-state index contributed by atoms with van der Waals surface area (Å²) in [6.07, 6.45) is 5.99. The van der Waals surface area contributed by atoms with Crippen LogP contribution in [0, 0.1) is 0 Å². The summed E-state index contributed by atoms with van der Waals surface area (Å²) in [5, 5.41) is 0. The van der Waals surface area contributed by atoms with E-state index >= 15 is 0 Å². The lowest BCUT2D eigenvalue weighted by molar-refractivity contribution is -0.140. The molecule has 3 amide bonds. The molecule has 136 valence electrons. The third-order valence-corrected chi connectivity index (χ3v) is 5.18. The summed E-state index contributed by atoms with van der Waals surface area (Å²) in [5.41, 5.74) is 3.18. The zero-order valence-corrected chi connectivity index (χ0v) is 15.6. The first-order valence-electron chi connectivity index (χ1n) is 8.79. The minimum absolute atomic E-state index is 0.202.